The van der Waals surface area contributed by atoms with E-state index >= 15 is 0 Å². The number of nitrogens with zero attached hydrogens (tertiary/aromatic N) is 2. The maximum Gasteiger partial charge on any atom is 0.416 e. The van der Waals surface area contributed by atoms with Gasteiger partial charge in [-0.3, -0.25) is 13.9 Å². The van der Waals surface area contributed by atoms with Gasteiger partial charge >= 0.3 is 12.1 Å². The van der Waals surface area contributed by atoms with E-state index in [0.717, 1.165) is 12.1 Å². The van der Waals surface area contributed by atoms with Crippen LogP contribution in [0.4, 0.5) is 18.9 Å². The summed E-state index contributed by atoms with van der Waals surface area (Å²) in [6.45, 7) is -0.262. The zero-order valence-corrected chi connectivity index (χ0v) is 18.6. The molecule has 1 aliphatic heterocycles. The number of halogens is 3. The third-order valence-corrected chi connectivity index (χ3v) is 7.24. The van der Waals surface area contributed by atoms with E-state index in [4.69, 9.17) is 4.74 Å². The molecule has 1 saturated heterocycles. The Morgan fingerprint density at radius 3 is 2.27 bits per heavy atom. The number of methoxy groups -OCH3 is 1. The topological polar surface area (TPSA) is 84.0 Å². The molecule has 0 spiro atoms. The Hall–Kier alpha value is -3.08. The van der Waals surface area contributed by atoms with Gasteiger partial charge < -0.3 is 9.64 Å². The highest BCUT2D eigenvalue weighted by Crippen LogP contribution is 2.33. The molecule has 0 aliphatic carbocycles. The van der Waals surface area contributed by atoms with Crippen LogP contribution in [-0.2, 0) is 30.5 Å². The highest BCUT2D eigenvalue weighted by molar-refractivity contribution is 7.92. The number of carbonyl (C=O) groups excluding carboxylic acids is 2. The average molecular weight is 484 g/mol. The summed E-state index contributed by atoms with van der Waals surface area (Å²) in [5, 5.41) is 0. The van der Waals surface area contributed by atoms with Crippen LogP contribution in [0.3, 0.4) is 0 Å². The van der Waals surface area contributed by atoms with E-state index in [1.165, 1.54) is 42.3 Å². The summed E-state index contributed by atoms with van der Waals surface area (Å²) in [7, 11) is -3.05. The molecular formula is C22H23F3N2O5S. The van der Waals surface area contributed by atoms with Crippen LogP contribution in [0.25, 0.3) is 0 Å². The molecule has 3 rings (SSSR count). The maximum atomic E-state index is 13.3. The maximum absolute atomic E-state index is 13.3. The molecule has 0 saturated carbocycles. The summed E-state index contributed by atoms with van der Waals surface area (Å²) in [4.78, 5) is 25.9. The van der Waals surface area contributed by atoms with Gasteiger partial charge in [0.2, 0.25) is 5.91 Å². The molecule has 0 atom stereocenters. The fourth-order valence-corrected chi connectivity index (χ4v) is 5.05. The van der Waals surface area contributed by atoms with Gasteiger partial charge in [0.25, 0.3) is 10.0 Å². The number of carbonyl (C=O) groups is 2. The number of benzene rings is 2. The van der Waals surface area contributed by atoms with Gasteiger partial charge in [-0.1, -0.05) is 24.3 Å². The highest BCUT2D eigenvalue weighted by Gasteiger charge is 2.35. The molecule has 0 bridgehead atoms. The van der Waals surface area contributed by atoms with Crippen LogP contribution in [0.5, 0.6) is 0 Å². The van der Waals surface area contributed by atoms with Crippen LogP contribution in [-0.4, -0.2) is 51.9 Å². The lowest BCUT2D eigenvalue weighted by Crippen LogP contribution is -2.46. The number of piperidine rings is 1. The van der Waals surface area contributed by atoms with Crippen molar-refractivity contribution in [1.82, 2.24) is 4.90 Å². The minimum Gasteiger partial charge on any atom is -0.469 e. The SMILES string of the molecule is COC(=O)C1CCN(C(=O)CN(c2cccc(C(F)(F)F)c2)S(=O)(=O)c2ccccc2)CC1. The zero-order valence-electron chi connectivity index (χ0n) is 17.8. The lowest BCUT2D eigenvalue weighted by molar-refractivity contribution is -0.148. The number of esters is 1. The van der Waals surface area contributed by atoms with Crippen molar-refractivity contribution in [3.63, 3.8) is 0 Å². The van der Waals surface area contributed by atoms with Gasteiger partial charge in [0.15, 0.2) is 0 Å². The predicted molar refractivity (Wildman–Crippen MR) is 114 cm³/mol. The Labute approximate surface area is 189 Å². The minimum absolute atomic E-state index is 0.153. The van der Waals surface area contributed by atoms with E-state index in [1.54, 1.807) is 6.07 Å². The van der Waals surface area contributed by atoms with Crippen molar-refractivity contribution in [1.29, 1.82) is 0 Å². The van der Waals surface area contributed by atoms with Gasteiger partial charge in [0.1, 0.15) is 6.54 Å². The Morgan fingerprint density at radius 2 is 1.70 bits per heavy atom. The normalized spacial score (nSPS) is 15.2. The number of amides is 1. The van der Waals surface area contributed by atoms with E-state index in [-0.39, 0.29) is 35.6 Å². The van der Waals surface area contributed by atoms with Crippen molar-refractivity contribution in [3.05, 3.63) is 60.2 Å². The number of ether oxygens (including phenoxy) is 1. The van der Waals surface area contributed by atoms with E-state index in [2.05, 4.69) is 0 Å². The zero-order chi connectivity index (χ0) is 24.2. The lowest BCUT2D eigenvalue weighted by atomic mass is 9.97. The average Bonchev–Trinajstić information content (AvgIpc) is 2.82. The smallest absolute Gasteiger partial charge is 0.416 e. The van der Waals surface area contributed by atoms with E-state index < -0.39 is 34.2 Å². The molecule has 1 amide bonds. The highest BCUT2D eigenvalue weighted by atomic mass is 32.2. The van der Waals surface area contributed by atoms with Crippen molar-refractivity contribution in [2.45, 2.75) is 23.9 Å². The summed E-state index contributed by atoms with van der Waals surface area (Å²) in [6.07, 6.45) is -3.97. The van der Waals surface area contributed by atoms with Crippen molar-refractivity contribution < 1.29 is 35.9 Å². The van der Waals surface area contributed by atoms with Gasteiger partial charge in [-0.2, -0.15) is 13.2 Å². The van der Waals surface area contributed by atoms with Crippen molar-refractivity contribution in [3.8, 4) is 0 Å². The number of sulfonamides is 1. The van der Waals surface area contributed by atoms with Crippen molar-refractivity contribution in [2.75, 3.05) is 31.0 Å². The first-order valence-electron chi connectivity index (χ1n) is 10.1. The molecule has 2 aromatic carbocycles. The molecule has 0 radical (unpaired) electrons. The van der Waals surface area contributed by atoms with Crippen LogP contribution in [0.1, 0.15) is 18.4 Å². The van der Waals surface area contributed by atoms with E-state index in [0.29, 0.717) is 23.2 Å². The number of hydrogen-bond donors (Lipinski definition) is 0. The van der Waals surface area contributed by atoms with Crippen molar-refractivity contribution >= 4 is 27.6 Å². The summed E-state index contributed by atoms with van der Waals surface area (Å²) < 4.78 is 71.8. The standard InChI is InChI=1S/C22H23F3N2O5S/c1-32-21(29)16-10-12-26(13-11-16)20(28)15-27(33(30,31)19-8-3-2-4-9-19)18-7-5-6-17(14-18)22(23,24)25/h2-9,14,16H,10-13,15H2,1H3. The minimum atomic E-state index is -4.68. The fourth-order valence-electron chi connectivity index (χ4n) is 3.63. The molecular weight excluding hydrogens is 461 g/mol. The Balaban J connectivity index is 1.91. The summed E-state index contributed by atoms with van der Waals surface area (Å²) >= 11 is 0. The van der Waals surface area contributed by atoms with E-state index in [1.807, 2.05) is 0 Å². The van der Waals surface area contributed by atoms with Crippen LogP contribution in [0, 0.1) is 5.92 Å². The first-order chi connectivity index (χ1) is 15.5. The Morgan fingerprint density at radius 1 is 1.06 bits per heavy atom. The predicted octanol–water partition coefficient (Wildman–Crippen LogP) is 3.31. The molecule has 178 valence electrons. The number of likely N-dealkylation sites (tertiary alicyclic amines) is 1. The molecule has 1 aliphatic rings. The van der Waals surface area contributed by atoms with Crippen LogP contribution in [0.15, 0.2) is 59.5 Å². The van der Waals surface area contributed by atoms with E-state index in [9.17, 15) is 31.2 Å². The summed E-state index contributed by atoms with van der Waals surface area (Å²) in [5.41, 5.74) is -1.30. The number of anilines is 1. The van der Waals surface area contributed by atoms with Crippen LogP contribution in [0.2, 0.25) is 0 Å². The molecule has 7 nitrogen and oxygen atoms in total. The third kappa shape index (κ3) is 5.65. The van der Waals surface area contributed by atoms with Crippen LogP contribution < -0.4 is 4.31 Å². The van der Waals surface area contributed by atoms with Gasteiger partial charge in [-0.25, -0.2) is 8.42 Å². The first-order valence-corrected chi connectivity index (χ1v) is 11.6. The molecule has 11 heteroatoms. The van der Waals surface area contributed by atoms with Gasteiger partial charge in [-0.15, -0.1) is 0 Å². The first kappa shape index (κ1) is 24.6. The number of rotatable bonds is 6. The molecule has 2 aromatic rings. The number of hydrogen-bond acceptors (Lipinski definition) is 5. The molecule has 1 heterocycles. The van der Waals surface area contributed by atoms with Crippen LogP contribution >= 0.6 is 0 Å². The molecule has 1 fully saturated rings. The molecule has 0 unspecified atom stereocenters. The Bertz CT molecular complexity index is 1100. The molecule has 0 aromatic heterocycles. The second-order valence-electron chi connectivity index (χ2n) is 7.55. The second-order valence-corrected chi connectivity index (χ2v) is 9.41. The second kappa shape index (κ2) is 9.82. The largest absolute Gasteiger partial charge is 0.469 e. The third-order valence-electron chi connectivity index (χ3n) is 5.45. The number of alkyl halides is 3. The Kier molecular flexibility index (Phi) is 7.31. The van der Waals surface area contributed by atoms with Gasteiger partial charge in [-0.05, 0) is 43.2 Å². The quantitative estimate of drug-likeness (QED) is 0.588. The van der Waals surface area contributed by atoms with Gasteiger partial charge in [0, 0.05) is 13.1 Å². The summed E-state index contributed by atoms with van der Waals surface area (Å²) in [6, 6.07) is 11.0. The van der Waals surface area contributed by atoms with Crippen molar-refractivity contribution in [2.24, 2.45) is 5.92 Å². The molecule has 33 heavy (non-hydrogen) atoms. The van der Waals surface area contributed by atoms with Gasteiger partial charge in [0.05, 0.1) is 29.2 Å². The monoisotopic (exact) mass is 484 g/mol. The molecule has 0 N–H and O–H groups in total. The fraction of sp³-hybridized carbons (Fsp3) is 0.364. The lowest BCUT2D eigenvalue weighted by Gasteiger charge is -2.33. The summed E-state index contributed by atoms with van der Waals surface area (Å²) in [5.74, 6) is -1.30.